The van der Waals surface area contributed by atoms with E-state index in [2.05, 4.69) is 20.5 Å². The summed E-state index contributed by atoms with van der Waals surface area (Å²) >= 11 is 1.28. The molecule has 1 unspecified atom stereocenters. The highest BCUT2D eigenvalue weighted by Crippen LogP contribution is 2.38. The van der Waals surface area contributed by atoms with E-state index < -0.39 is 10.8 Å². The van der Waals surface area contributed by atoms with Gasteiger partial charge in [0.2, 0.25) is 17.0 Å². The normalized spacial score (nSPS) is 17.0. The van der Waals surface area contributed by atoms with Gasteiger partial charge < -0.3 is 5.32 Å². The molecule has 25 heavy (non-hydrogen) atoms. The van der Waals surface area contributed by atoms with Crippen LogP contribution in [0, 0.1) is 0 Å². The van der Waals surface area contributed by atoms with Crippen molar-refractivity contribution in [1.82, 2.24) is 15.2 Å². The van der Waals surface area contributed by atoms with E-state index in [1.165, 1.54) is 11.8 Å². The number of nitrogens with one attached hydrogen (secondary N) is 2. The van der Waals surface area contributed by atoms with Crippen molar-refractivity contribution in [3.63, 3.8) is 0 Å². The summed E-state index contributed by atoms with van der Waals surface area (Å²) in [4.78, 5) is 31.6. The molecule has 132 valence electrons. The SMILES string of the molecule is CCc1nc(SC(C)C(=O)N2c3ccccc3NC(=O)C2(C)C)n[nH]1. The van der Waals surface area contributed by atoms with E-state index in [0.717, 1.165) is 12.2 Å². The number of nitrogens with zero attached hydrogens (tertiary/aromatic N) is 3. The molecule has 7 nitrogen and oxygen atoms in total. The van der Waals surface area contributed by atoms with Gasteiger partial charge in [-0.3, -0.25) is 19.6 Å². The number of amides is 2. The first-order valence-corrected chi connectivity index (χ1v) is 9.05. The molecular weight excluding hydrogens is 338 g/mol. The number of carbonyl (C=O) groups is 2. The number of benzene rings is 1. The van der Waals surface area contributed by atoms with Crippen LogP contribution in [-0.4, -0.2) is 37.8 Å². The number of aromatic amines is 1. The number of H-pyrrole nitrogens is 1. The molecule has 3 rings (SSSR count). The third kappa shape index (κ3) is 3.13. The molecule has 0 saturated heterocycles. The summed E-state index contributed by atoms with van der Waals surface area (Å²) in [6.07, 6.45) is 0.753. The lowest BCUT2D eigenvalue weighted by atomic mass is 9.96. The summed E-state index contributed by atoms with van der Waals surface area (Å²) in [7, 11) is 0. The van der Waals surface area contributed by atoms with Crippen LogP contribution in [0.2, 0.25) is 0 Å². The van der Waals surface area contributed by atoms with E-state index in [-0.39, 0.29) is 11.8 Å². The molecule has 1 aromatic heterocycles. The van der Waals surface area contributed by atoms with Gasteiger partial charge in [0.25, 0.3) is 0 Å². The Labute approximate surface area is 150 Å². The highest BCUT2D eigenvalue weighted by Gasteiger charge is 2.44. The van der Waals surface area contributed by atoms with Gasteiger partial charge in [0.05, 0.1) is 16.6 Å². The summed E-state index contributed by atoms with van der Waals surface area (Å²) in [5, 5.41) is 9.94. The van der Waals surface area contributed by atoms with E-state index in [1.807, 2.05) is 25.1 Å². The number of rotatable bonds is 4. The minimum absolute atomic E-state index is 0.153. The Kier molecular flexibility index (Phi) is 4.55. The lowest BCUT2D eigenvalue weighted by Crippen LogP contribution is -2.60. The van der Waals surface area contributed by atoms with Gasteiger partial charge in [-0.2, -0.15) is 0 Å². The van der Waals surface area contributed by atoms with Crippen molar-refractivity contribution in [3.8, 4) is 0 Å². The second-order valence-electron chi connectivity index (χ2n) is 6.38. The lowest BCUT2D eigenvalue weighted by molar-refractivity contribution is -0.126. The zero-order valence-electron chi connectivity index (χ0n) is 14.7. The van der Waals surface area contributed by atoms with Crippen molar-refractivity contribution in [2.75, 3.05) is 10.2 Å². The first kappa shape index (κ1) is 17.5. The average Bonchev–Trinajstić information content (AvgIpc) is 3.03. The van der Waals surface area contributed by atoms with Crippen LogP contribution in [0.25, 0.3) is 0 Å². The molecule has 1 aliphatic heterocycles. The fourth-order valence-electron chi connectivity index (χ4n) is 2.73. The predicted molar refractivity (Wildman–Crippen MR) is 97.7 cm³/mol. The molecular formula is C17H21N5O2S. The van der Waals surface area contributed by atoms with Crippen molar-refractivity contribution in [2.24, 2.45) is 0 Å². The third-order valence-electron chi connectivity index (χ3n) is 4.20. The fourth-order valence-corrected chi connectivity index (χ4v) is 3.51. The molecule has 0 fully saturated rings. The summed E-state index contributed by atoms with van der Waals surface area (Å²) in [6, 6.07) is 7.32. The monoisotopic (exact) mass is 359 g/mol. The molecule has 1 aliphatic rings. The first-order valence-electron chi connectivity index (χ1n) is 8.17. The maximum Gasteiger partial charge on any atom is 0.250 e. The Morgan fingerprint density at radius 3 is 2.76 bits per heavy atom. The summed E-state index contributed by atoms with van der Waals surface area (Å²) in [5.41, 5.74) is 0.366. The molecule has 0 bridgehead atoms. The van der Waals surface area contributed by atoms with Crippen molar-refractivity contribution >= 4 is 35.0 Å². The van der Waals surface area contributed by atoms with Crippen LogP contribution in [0.4, 0.5) is 11.4 Å². The number of carbonyl (C=O) groups excluding carboxylic acids is 2. The molecule has 2 heterocycles. The van der Waals surface area contributed by atoms with Gasteiger partial charge in [0.15, 0.2) is 0 Å². The van der Waals surface area contributed by atoms with Gasteiger partial charge in [0, 0.05) is 6.42 Å². The maximum atomic E-state index is 13.2. The third-order valence-corrected chi connectivity index (χ3v) is 5.15. The summed E-state index contributed by atoms with van der Waals surface area (Å²) < 4.78 is 0. The average molecular weight is 359 g/mol. The van der Waals surface area contributed by atoms with E-state index in [4.69, 9.17) is 0 Å². The van der Waals surface area contributed by atoms with Crippen LogP contribution in [0.5, 0.6) is 0 Å². The van der Waals surface area contributed by atoms with Gasteiger partial charge in [-0.15, -0.1) is 5.10 Å². The lowest BCUT2D eigenvalue weighted by Gasteiger charge is -2.42. The Bertz CT molecular complexity index is 817. The van der Waals surface area contributed by atoms with Gasteiger partial charge in [-0.05, 0) is 32.9 Å². The minimum atomic E-state index is -0.978. The first-order chi connectivity index (χ1) is 11.8. The van der Waals surface area contributed by atoms with Crippen LogP contribution < -0.4 is 10.2 Å². The Morgan fingerprint density at radius 2 is 2.08 bits per heavy atom. The highest BCUT2D eigenvalue weighted by atomic mass is 32.2. The van der Waals surface area contributed by atoms with E-state index in [1.54, 1.807) is 31.7 Å². The molecule has 8 heteroatoms. The fraction of sp³-hybridized carbons (Fsp3) is 0.412. The van der Waals surface area contributed by atoms with Crippen LogP contribution in [0.15, 0.2) is 29.4 Å². The van der Waals surface area contributed by atoms with Gasteiger partial charge in [-0.1, -0.05) is 30.8 Å². The molecule has 1 atom stereocenters. The molecule has 1 aromatic carbocycles. The zero-order valence-corrected chi connectivity index (χ0v) is 15.5. The topological polar surface area (TPSA) is 91.0 Å². The number of hydrogen-bond donors (Lipinski definition) is 2. The molecule has 2 amide bonds. The van der Waals surface area contributed by atoms with Gasteiger partial charge in [-0.25, -0.2) is 4.98 Å². The van der Waals surface area contributed by atoms with Crippen molar-refractivity contribution in [1.29, 1.82) is 0 Å². The second kappa shape index (κ2) is 6.51. The standard InChI is InChI=1S/C17H21N5O2S/c1-5-13-19-16(21-20-13)25-10(2)14(23)22-12-9-7-6-8-11(12)18-15(24)17(22,3)4/h6-10H,5H2,1-4H3,(H,18,24)(H,19,20,21). The summed E-state index contributed by atoms with van der Waals surface area (Å²) in [5.74, 6) is 0.424. The smallest absolute Gasteiger partial charge is 0.250 e. The molecule has 0 aliphatic carbocycles. The maximum absolute atomic E-state index is 13.2. The molecule has 2 N–H and O–H groups in total. The number of fused-ring (bicyclic) bond motifs is 1. The number of para-hydroxylation sites is 2. The second-order valence-corrected chi connectivity index (χ2v) is 7.69. The van der Waals surface area contributed by atoms with Crippen LogP contribution in [-0.2, 0) is 16.0 Å². The number of aryl methyl sites for hydroxylation is 1. The van der Waals surface area contributed by atoms with E-state index in [0.29, 0.717) is 16.5 Å². The zero-order chi connectivity index (χ0) is 18.2. The minimum Gasteiger partial charge on any atom is -0.322 e. The van der Waals surface area contributed by atoms with Crippen LogP contribution in [0.1, 0.15) is 33.5 Å². The highest BCUT2D eigenvalue weighted by molar-refractivity contribution is 8.00. The van der Waals surface area contributed by atoms with E-state index >= 15 is 0 Å². The Hall–Kier alpha value is -2.35. The Balaban J connectivity index is 1.89. The number of anilines is 2. The molecule has 2 aromatic rings. The molecule has 0 spiro atoms. The summed E-state index contributed by atoms with van der Waals surface area (Å²) in [6.45, 7) is 7.28. The largest absolute Gasteiger partial charge is 0.322 e. The number of thioether (sulfide) groups is 1. The van der Waals surface area contributed by atoms with Crippen molar-refractivity contribution < 1.29 is 9.59 Å². The van der Waals surface area contributed by atoms with Gasteiger partial charge >= 0.3 is 0 Å². The molecule has 0 saturated carbocycles. The number of aromatic nitrogens is 3. The molecule has 0 radical (unpaired) electrons. The number of hydrogen-bond acceptors (Lipinski definition) is 5. The predicted octanol–water partition coefficient (Wildman–Crippen LogP) is 2.61. The van der Waals surface area contributed by atoms with Gasteiger partial charge in [0.1, 0.15) is 11.4 Å². The Morgan fingerprint density at radius 1 is 1.36 bits per heavy atom. The van der Waals surface area contributed by atoms with E-state index in [9.17, 15) is 9.59 Å². The van der Waals surface area contributed by atoms with Crippen molar-refractivity contribution in [2.45, 2.75) is 50.1 Å². The van der Waals surface area contributed by atoms with Crippen LogP contribution >= 0.6 is 11.8 Å². The quantitative estimate of drug-likeness (QED) is 0.819. The van der Waals surface area contributed by atoms with Crippen molar-refractivity contribution in [3.05, 3.63) is 30.1 Å². The van der Waals surface area contributed by atoms with Crippen LogP contribution in [0.3, 0.4) is 0 Å².